The van der Waals surface area contributed by atoms with E-state index in [0.717, 1.165) is 12.0 Å². The van der Waals surface area contributed by atoms with Gasteiger partial charge in [0.05, 0.1) is 0 Å². The van der Waals surface area contributed by atoms with E-state index in [9.17, 15) is 9.59 Å². The molecule has 0 bridgehead atoms. The Balaban J connectivity index is 2.36. The summed E-state index contributed by atoms with van der Waals surface area (Å²) in [5.41, 5.74) is 2.50. The third-order valence-corrected chi connectivity index (χ3v) is 2.62. The van der Waals surface area contributed by atoms with Crippen LogP contribution in [0.5, 0.6) is 0 Å². The van der Waals surface area contributed by atoms with E-state index in [0.29, 0.717) is 5.57 Å². The van der Waals surface area contributed by atoms with Gasteiger partial charge in [-0.1, -0.05) is 31.2 Å². The lowest BCUT2D eigenvalue weighted by atomic mass is 9.95. The molecule has 0 spiro atoms. The van der Waals surface area contributed by atoms with Crippen LogP contribution in [0.15, 0.2) is 42.5 Å². The number of rotatable bonds is 2. The molecule has 0 amide bonds. The molecule has 0 radical (unpaired) electrons. The molecular formula is C14H12O2. The van der Waals surface area contributed by atoms with Gasteiger partial charge in [0.15, 0.2) is 11.6 Å². The Morgan fingerprint density at radius 2 is 1.69 bits per heavy atom. The number of hydrogen-bond donors (Lipinski definition) is 0. The van der Waals surface area contributed by atoms with E-state index in [2.05, 4.69) is 6.92 Å². The summed E-state index contributed by atoms with van der Waals surface area (Å²) in [6.07, 6.45) is 4.98. The lowest BCUT2D eigenvalue weighted by molar-refractivity contribution is -0.113. The summed E-state index contributed by atoms with van der Waals surface area (Å²) in [5.74, 6) is -0.238. The van der Waals surface area contributed by atoms with Crippen LogP contribution in [-0.2, 0) is 16.0 Å². The van der Waals surface area contributed by atoms with Crippen LogP contribution in [-0.4, -0.2) is 11.6 Å². The number of allylic oxidation sites excluding steroid dienone is 4. The highest BCUT2D eigenvalue weighted by Crippen LogP contribution is 2.19. The van der Waals surface area contributed by atoms with Gasteiger partial charge in [0.1, 0.15) is 0 Å². The summed E-state index contributed by atoms with van der Waals surface area (Å²) in [7, 11) is 0. The van der Waals surface area contributed by atoms with Crippen LogP contribution in [0.1, 0.15) is 18.1 Å². The standard InChI is InChI=1S/C14H12O2/c1-2-10-3-5-11(6-4-10)13-9-12(15)7-8-14(13)16/h3-9H,2H2,1H3. The lowest BCUT2D eigenvalue weighted by Gasteiger charge is -2.07. The maximum absolute atomic E-state index is 11.6. The van der Waals surface area contributed by atoms with Crippen molar-refractivity contribution in [1.29, 1.82) is 0 Å². The number of benzene rings is 1. The fourth-order valence-corrected chi connectivity index (χ4v) is 1.65. The van der Waals surface area contributed by atoms with Gasteiger partial charge in [0, 0.05) is 5.57 Å². The smallest absolute Gasteiger partial charge is 0.186 e. The van der Waals surface area contributed by atoms with Crippen molar-refractivity contribution in [2.75, 3.05) is 0 Å². The van der Waals surface area contributed by atoms with Gasteiger partial charge < -0.3 is 0 Å². The Hall–Kier alpha value is -1.96. The first-order valence-electron chi connectivity index (χ1n) is 5.28. The van der Waals surface area contributed by atoms with Crippen molar-refractivity contribution in [2.24, 2.45) is 0 Å². The Morgan fingerprint density at radius 1 is 1.00 bits per heavy atom. The van der Waals surface area contributed by atoms with Gasteiger partial charge in [-0.2, -0.15) is 0 Å². The number of carbonyl (C=O) groups excluding carboxylic acids is 2. The second-order valence-electron chi connectivity index (χ2n) is 3.71. The SMILES string of the molecule is CCc1ccc(C2=CC(=O)C=CC2=O)cc1. The van der Waals surface area contributed by atoms with Crippen LogP contribution in [0.25, 0.3) is 5.57 Å². The quantitative estimate of drug-likeness (QED) is 0.705. The largest absolute Gasteiger partial charge is 0.290 e. The minimum Gasteiger partial charge on any atom is -0.290 e. The highest BCUT2D eigenvalue weighted by Gasteiger charge is 2.14. The minimum absolute atomic E-state index is 0.108. The van der Waals surface area contributed by atoms with Gasteiger partial charge in [-0.25, -0.2) is 0 Å². The van der Waals surface area contributed by atoms with E-state index in [1.807, 2.05) is 24.3 Å². The normalized spacial score (nSPS) is 15.2. The molecule has 16 heavy (non-hydrogen) atoms. The number of hydrogen-bond acceptors (Lipinski definition) is 2. The zero-order chi connectivity index (χ0) is 11.5. The van der Waals surface area contributed by atoms with E-state index in [4.69, 9.17) is 0 Å². The summed E-state index contributed by atoms with van der Waals surface area (Å²) in [5, 5.41) is 0. The summed E-state index contributed by atoms with van der Waals surface area (Å²) >= 11 is 0. The molecule has 2 rings (SSSR count). The van der Waals surface area contributed by atoms with Crippen molar-refractivity contribution >= 4 is 17.1 Å². The first-order chi connectivity index (χ1) is 7.70. The predicted octanol–water partition coefficient (Wildman–Crippen LogP) is 2.34. The zero-order valence-electron chi connectivity index (χ0n) is 9.07. The first kappa shape index (κ1) is 10.6. The number of ketones is 2. The molecule has 0 unspecified atom stereocenters. The molecular weight excluding hydrogens is 200 g/mol. The van der Waals surface area contributed by atoms with Gasteiger partial charge in [-0.3, -0.25) is 9.59 Å². The molecule has 1 aliphatic rings. The molecule has 1 aliphatic carbocycles. The van der Waals surface area contributed by atoms with Gasteiger partial charge in [0.2, 0.25) is 0 Å². The van der Waals surface area contributed by atoms with Crippen molar-refractivity contribution < 1.29 is 9.59 Å². The average molecular weight is 212 g/mol. The maximum atomic E-state index is 11.6. The van der Waals surface area contributed by atoms with Crippen molar-refractivity contribution in [3.05, 3.63) is 53.6 Å². The van der Waals surface area contributed by atoms with Crippen LogP contribution in [0.3, 0.4) is 0 Å². The number of aryl methyl sites for hydroxylation is 1. The maximum Gasteiger partial charge on any atom is 0.186 e. The summed E-state index contributed by atoms with van der Waals surface area (Å²) in [6, 6.07) is 7.72. The third-order valence-electron chi connectivity index (χ3n) is 2.62. The van der Waals surface area contributed by atoms with E-state index in [1.165, 1.54) is 23.8 Å². The fraction of sp³-hybridized carbons (Fsp3) is 0.143. The highest BCUT2D eigenvalue weighted by atomic mass is 16.1. The monoisotopic (exact) mass is 212 g/mol. The summed E-state index contributed by atoms with van der Waals surface area (Å²) in [6.45, 7) is 2.08. The van der Waals surface area contributed by atoms with Crippen LogP contribution < -0.4 is 0 Å². The van der Waals surface area contributed by atoms with E-state index < -0.39 is 0 Å². The Labute approximate surface area is 94.3 Å². The Bertz CT molecular complexity index is 490. The van der Waals surface area contributed by atoms with Gasteiger partial charge >= 0.3 is 0 Å². The van der Waals surface area contributed by atoms with Crippen LogP contribution in [0, 0.1) is 0 Å². The molecule has 1 aromatic carbocycles. The molecule has 0 heterocycles. The van der Waals surface area contributed by atoms with E-state index in [1.54, 1.807) is 0 Å². The minimum atomic E-state index is -0.130. The molecule has 0 fully saturated rings. The summed E-state index contributed by atoms with van der Waals surface area (Å²) in [4.78, 5) is 22.8. The average Bonchev–Trinajstić information content (AvgIpc) is 2.32. The van der Waals surface area contributed by atoms with Crippen molar-refractivity contribution in [3.8, 4) is 0 Å². The first-order valence-corrected chi connectivity index (χ1v) is 5.28. The second-order valence-corrected chi connectivity index (χ2v) is 3.71. The summed E-state index contributed by atoms with van der Waals surface area (Å²) < 4.78 is 0. The fourth-order valence-electron chi connectivity index (χ4n) is 1.65. The molecule has 0 aliphatic heterocycles. The molecule has 0 saturated carbocycles. The third kappa shape index (κ3) is 2.01. The molecule has 0 N–H and O–H groups in total. The van der Waals surface area contributed by atoms with Gasteiger partial charge in [-0.15, -0.1) is 0 Å². The van der Waals surface area contributed by atoms with Crippen LogP contribution >= 0.6 is 0 Å². The Morgan fingerprint density at radius 3 is 2.31 bits per heavy atom. The second kappa shape index (κ2) is 4.27. The number of carbonyl (C=O) groups is 2. The van der Waals surface area contributed by atoms with Crippen molar-refractivity contribution in [1.82, 2.24) is 0 Å². The lowest BCUT2D eigenvalue weighted by Crippen LogP contribution is -2.06. The van der Waals surface area contributed by atoms with Crippen molar-refractivity contribution in [3.63, 3.8) is 0 Å². The molecule has 0 atom stereocenters. The van der Waals surface area contributed by atoms with Gasteiger partial charge in [-0.05, 0) is 35.8 Å². The Kier molecular flexibility index (Phi) is 2.82. The van der Waals surface area contributed by atoms with E-state index in [-0.39, 0.29) is 11.6 Å². The molecule has 0 saturated heterocycles. The molecule has 2 heteroatoms. The van der Waals surface area contributed by atoms with E-state index >= 15 is 0 Å². The zero-order valence-corrected chi connectivity index (χ0v) is 9.07. The highest BCUT2D eigenvalue weighted by molar-refractivity contribution is 6.33. The van der Waals surface area contributed by atoms with Crippen molar-refractivity contribution in [2.45, 2.75) is 13.3 Å². The molecule has 80 valence electrons. The molecule has 1 aromatic rings. The van der Waals surface area contributed by atoms with Crippen LogP contribution in [0.2, 0.25) is 0 Å². The topological polar surface area (TPSA) is 34.1 Å². The predicted molar refractivity (Wildman–Crippen MR) is 63.0 cm³/mol. The molecule has 0 aromatic heterocycles. The van der Waals surface area contributed by atoms with Gasteiger partial charge in [0.25, 0.3) is 0 Å². The molecule has 2 nitrogen and oxygen atoms in total. The van der Waals surface area contributed by atoms with Crippen LogP contribution in [0.4, 0.5) is 0 Å².